The maximum atomic E-state index is 12.6. The minimum atomic E-state index is 0.125. The van der Waals surface area contributed by atoms with Crippen molar-refractivity contribution in [3.8, 4) is 0 Å². The van der Waals surface area contributed by atoms with E-state index in [-0.39, 0.29) is 5.91 Å². The normalized spacial score (nSPS) is 19.0. The van der Waals surface area contributed by atoms with Crippen LogP contribution in [0.25, 0.3) is 0 Å². The average Bonchev–Trinajstić information content (AvgIpc) is 2.82. The summed E-state index contributed by atoms with van der Waals surface area (Å²) >= 11 is 0. The monoisotopic (exact) mass is 280 g/mol. The van der Waals surface area contributed by atoms with Crippen molar-refractivity contribution in [3.05, 3.63) is 66.0 Å². The second-order valence-corrected chi connectivity index (χ2v) is 5.59. The Kier molecular flexibility index (Phi) is 4.29. The Morgan fingerprint density at radius 2 is 1.81 bits per heavy atom. The highest BCUT2D eigenvalue weighted by molar-refractivity contribution is 5.94. The molecule has 2 heterocycles. The first-order chi connectivity index (χ1) is 10.3. The number of likely N-dealkylation sites (tertiary alicyclic amines) is 1. The van der Waals surface area contributed by atoms with Crippen LogP contribution < -0.4 is 0 Å². The van der Waals surface area contributed by atoms with Crippen molar-refractivity contribution in [1.29, 1.82) is 0 Å². The molecule has 0 bridgehead atoms. The molecular formula is C18H20N2O. The van der Waals surface area contributed by atoms with Gasteiger partial charge in [-0.15, -0.1) is 0 Å². The molecule has 21 heavy (non-hydrogen) atoms. The van der Waals surface area contributed by atoms with E-state index < -0.39 is 0 Å². The minimum Gasteiger partial charge on any atom is -0.338 e. The van der Waals surface area contributed by atoms with Crippen molar-refractivity contribution in [2.24, 2.45) is 0 Å². The SMILES string of the molecule is O=C(c1ccncc1)N1CCCCC(c2ccccc2)C1. The van der Waals surface area contributed by atoms with Gasteiger partial charge in [0.1, 0.15) is 0 Å². The van der Waals surface area contributed by atoms with Crippen molar-refractivity contribution >= 4 is 5.91 Å². The topological polar surface area (TPSA) is 33.2 Å². The van der Waals surface area contributed by atoms with Crippen molar-refractivity contribution < 1.29 is 4.79 Å². The number of carbonyl (C=O) groups excluding carboxylic acids is 1. The molecule has 1 saturated heterocycles. The van der Waals surface area contributed by atoms with Gasteiger partial charge in [0.25, 0.3) is 5.91 Å². The highest BCUT2D eigenvalue weighted by Crippen LogP contribution is 2.27. The van der Waals surface area contributed by atoms with E-state index in [2.05, 4.69) is 29.2 Å². The lowest BCUT2D eigenvalue weighted by molar-refractivity contribution is 0.0754. The maximum Gasteiger partial charge on any atom is 0.253 e. The summed E-state index contributed by atoms with van der Waals surface area (Å²) in [6.45, 7) is 1.66. The third kappa shape index (κ3) is 3.30. The smallest absolute Gasteiger partial charge is 0.253 e. The molecule has 2 aromatic rings. The molecule has 3 nitrogen and oxygen atoms in total. The molecule has 1 atom stereocenters. The standard InChI is InChI=1S/C18H20N2O/c21-18(16-9-11-19-12-10-16)20-13-5-4-8-17(14-20)15-6-2-1-3-7-15/h1-3,6-7,9-12,17H,4-5,8,13-14H2. The summed E-state index contributed by atoms with van der Waals surface area (Å²) < 4.78 is 0. The Balaban J connectivity index is 1.78. The maximum absolute atomic E-state index is 12.6. The van der Waals surface area contributed by atoms with Gasteiger partial charge < -0.3 is 4.90 Å². The Morgan fingerprint density at radius 1 is 1.05 bits per heavy atom. The van der Waals surface area contributed by atoms with Gasteiger partial charge in [-0.05, 0) is 30.5 Å². The summed E-state index contributed by atoms with van der Waals surface area (Å²) in [5, 5.41) is 0. The van der Waals surface area contributed by atoms with Crippen LogP contribution in [0.15, 0.2) is 54.9 Å². The van der Waals surface area contributed by atoms with Crippen molar-refractivity contribution in [2.45, 2.75) is 25.2 Å². The molecule has 1 aliphatic heterocycles. The number of rotatable bonds is 2. The summed E-state index contributed by atoms with van der Waals surface area (Å²) in [7, 11) is 0. The van der Waals surface area contributed by atoms with Crippen LogP contribution in [-0.2, 0) is 0 Å². The first-order valence-corrected chi connectivity index (χ1v) is 7.59. The second kappa shape index (κ2) is 6.53. The van der Waals surface area contributed by atoms with E-state index in [1.54, 1.807) is 24.5 Å². The van der Waals surface area contributed by atoms with Gasteiger partial charge in [0, 0.05) is 37.0 Å². The highest BCUT2D eigenvalue weighted by Gasteiger charge is 2.23. The molecule has 1 unspecified atom stereocenters. The van der Waals surface area contributed by atoms with Gasteiger partial charge in [-0.2, -0.15) is 0 Å². The Hall–Kier alpha value is -2.16. The molecule has 3 rings (SSSR count). The molecule has 1 amide bonds. The zero-order valence-corrected chi connectivity index (χ0v) is 12.1. The van der Waals surface area contributed by atoms with Gasteiger partial charge in [-0.3, -0.25) is 9.78 Å². The molecule has 1 aliphatic rings. The quantitative estimate of drug-likeness (QED) is 0.843. The van der Waals surface area contributed by atoms with Crippen LogP contribution >= 0.6 is 0 Å². The third-order valence-electron chi connectivity index (χ3n) is 4.16. The van der Waals surface area contributed by atoms with Crippen LogP contribution in [0.5, 0.6) is 0 Å². The summed E-state index contributed by atoms with van der Waals surface area (Å²) in [5.41, 5.74) is 2.07. The first kappa shape index (κ1) is 13.8. The predicted molar refractivity (Wildman–Crippen MR) is 83.2 cm³/mol. The molecule has 0 aliphatic carbocycles. The molecule has 1 aromatic heterocycles. The number of hydrogen-bond acceptors (Lipinski definition) is 2. The van der Waals surface area contributed by atoms with Crippen LogP contribution in [0.1, 0.15) is 41.1 Å². The fourth-order valence-corrected chi connectivity index (χ4v) is 3.00. The van der Waals surface area contributed by atoms with Gasteiger partial charge in [0.15, 0.2) is 0 Å². The van der Waals surface area contributed by atoms with Gasteiger partial charge >= 0.3 is 0 Å². The Labute approximate surface area is 125 Å². The lowest BCUT2D eigenvalue weighted by Crippen LogP contribution is -2.34. The van der Waals surface area contributed by atoms with E-state index >= 15 is 0 Å². The zero-order valence-electron chi connectivity index (χ0n) is 12.1. The summed E-state index contributed by atoms with van der Waals surface area (Å²) in [6, 6.07) is 14.1. The third-order valence-corrected chi connectivity index (χ3v) is 4.16. The molecule has 0 saturated carbocycles. The lowest BCUT2D eigenvalue weighted by atomic mass is 9.94. The number of aromatic nitrogens is 1. The number of pyridine rings is 1. The highest BCUT2D eigenvalue weighted by atomic mass is 16.2. The van der Waals surface area contributed by atoms with Gasteiger partial charge in [-0.1, -0.05) is 36.8 Å². The van der Waals surface area contributed by atoms with Crippen LogP contribution in [-0.4, -0.2) is 28.9 Å². The van der Waals surface area contributed by atoms with Gasteiger partial charge in [0.05, 0.1) is 0 Å². The van der Waals surface area contributed by atoms with E-state index in [9.17, 15) is 4.79 Å². The number of amides is 1. The van der Waals surface area contributed by atoms with Gasteiger partial charge in [-0.25, -0.2) is 0 Å². The van der Waals surface area contributed by atoms with E-state index in [0.717, 1.165) is 31.5 Å². The largest absolute Gasteiger partial charge is 0.338 e. The Bertz CT molecular complexity index is 583. The molecule has 1 fully saturated rings. The number of carbonyl (C=O) groups is 1. The molecular weight excluding hydrogens is 260 g/mol. The number of nitrogens with zero attached hydrogens (tertiary/aromatic N) is 2. The zero-order chi connectivity index (χ0) is 14.5. The minimum absolute atomic E-state index is 0.125. The van der Waals surface area contributed by atoms with E-state index in [1.165, 1.54) is 12.0 Å². The lowest BCUT2D eigenvalue weighted by Gasteiger charge is -2.25. The van der Waals surface area contributed by atoms with Crippen LogP contribution in [0.2, 0.25) is 0 Å². The van der Waals surface area contributed by atoms with Crippen LogP contribution in [0.4, 0.5) is 0 Å². The van der Waals surface area contributed by atoms with Crippen molar-refractivity contribution in [1.82, 2.24) is 9.88 Å². The first-order valence-electron chi connectivity index (χ1n) is 7.59. The average molecular weight is 280 g/mol. The molecule has 0 radical (unpaired) electrons. The van der Waals surface area contributed by atoms with E-state index in [1.807, 2.05) is 11.0 Å². The fraction of sp³-hybridized carbons (Fsp3) is 0.333. The molecule has 1 aromatic carbocycles. The Morgan fingerprint density at radius 3 is 2.57 bits per heavy atom. The number of hydrogen-bond donors (Lipinski definition) is 0. The van der Waals surface area contributed by atoms with Gasteiger partial charge in [0.2, 0.25) is 0 Å². The molecule has 108 valence electrons. The second-order valence-electron chi connectivity index (χ2n) is 5.59. The fourth-order valence-electron chi connectivity index (χ4n) is 3.00. The summed E-state index contributed by atoms with van der Waals surface area (Å²) in [6.07, 6.45) is 6.78. The van der Waals surface area contributed by atoms with Crippen LogP contribution in [0, 0.1) is 0 Å². The molecule has 0 spiro atoms. The predicted octanol–water partition coefficient (Wildman–Crippen LogP) is 3.49. The summed E-state index contributed by atoms with van der Waals surface area (Å²) in [4.78, 5) is 18.6. The van der Waals surface area contributed by atoms with E-state index in [4.69, 9.17) is 0 Å². The molecule has 3 heteroatoms. The van der Waals surface area contributed by atoms with E-state index in [0.29, 0.717) is 5.92 Å². The van der Waals surface area contributed by atoms with Crippen LogP contribution in [0.3, 0.4) is 0 Å². The molecule has 0 N–H and O–H groups in total. The number of benzene rings is 1. The van der Waals surface area contributed by atoms with Crippen molar-refractivity contribution in [2.75, 3.05) is 13.1 Å². The summed E-state index contributed by atoms with van der Waals surface area (Å²) in [5.74, 6) is 0.569. The van der Waals surface area contributed by atoms with Crippen molar-refractivity contribution in [3.63, 3.8) is 0 Å².